The molecule has 3 heteroatoms. The van der Waals surface area contributed by atoms with Gasteiger partial charge in [0.05, 0.1) is 5.69 Å². The number of rotatable bonds is 2. The van der Waals surface area contributed by atoms with Crippen LogP contribution in [0.5, 0.6) is 0 Å². The van der Waals surface area contributed by atoms with Gasteiger partial charge in [0.1, 0.15) is 0 Å². The minimum atomic E-state index is 0.394. The molecule has 3 nitrogen and oxygen atoms in total. The second-order valence-electron chi connectivity index (χ2n) is 6.24. The lowest BCUT2D eigenvalue weighted by Crippen LogP contribution is -2.24. The second kappa shape index (κ2) is 4.48. The first-order valence-corrected chi connectivity index (χ1v) is 7.10. The van der Waals surface area contributed by atoms with Gasteiger partial charge in [0.2, 0.25) is 0 Å². The lowest BCUT2D eigenvalue weighted by atomic mass is 9.72. The molecule has 0 spiro atoms. The van der Waals surface area contributed by atoms with E-state index in [2.05, 4.69) is 36.0 Å². The van der Waals surface area contributed by atoms with E-state index in [1.807, 2.05) is 18.5 Å². The number of pyridine rings is 1. The predicted octanol–water partition coefficient (Wildman–Crippen LogP) is 3.55. The first-order valence-electron chi connectivity index (χ1n) is 7.10. The van der Waals surface area contributed by atoms with E-state index >= 15 is 0 Å². The summed E-state index contributed by atoms with van der Waals surface area (Å²) in [6.45, 7) is 6.91. The molecule has 1 aliphatic carbocycles. The zero-order valence-electron chi connectivity index (χ0n) is 12.0. The monoisotopic (exact) mass is 255 g/mol. The van der Waals surface area contributed by atoms with Crippen molar-refractivity contribution in [1.82, 2.24) is 15.2 Å². The largest absolute Gasteiger partial charge is 0.278 e. The van der Waals surface area contributed by atoms with Crippen molar-refractivity contribution in [1.29, 1.82) is 0 Å². The minimum absolute atomic E-state index is 0.394. The molecule has 0 aliphatic heterocycles. The Morgan fingerprint density at radius 1 is 1.32 bits per heavy atom. The lowest BCUT2D eigenvalue weighted by Gasteiger charge is -2.33. The van der Waals surface area contributed by atoms with E-state index in [1.54, 1.807) is 0 Å². The normalized spacial score (nSPS) is 17.2. The van der Waals surface area contributed by atoms with Crippen LogP contribution in [-0.4, -0.2) is 15.2 Å². The van der Waals surface area contributed by atoms with Crippen LogP contribution in [0.4, 0.5) is 0 Å². The number of H-pyrrole nitrogens is 1. The Kier molecular flexibility index (Phi) is 2.92. The van der Waals surface area contributed by atoms with Gasteiger partial charge in [-0.1, -0.05) is 20.8 Å². The van der Waals surface area contributed by atoms with Crippen molar-refractivity contribution in [3.05, 3.63) is 35.3 Å². The van der Waals surface area contributed by atoms with Crippen molar-refractivity contribution in [3.8, 4) is 11.3 Å². The van der Waals surface area contributed by atoms with E-state index in [4.69, 9.17) is 0 Å². The number of nitrogens with one attached hydrogen (secondary N) is 1. The van der Waals surface area contributed by atoms with Crippen LogP contribution in [0.25, 0.3) is 11.3 Å². The van der Waals surface area contributed by atoms with Crippen molar-refractivity contribution in [3.63, 3.8) is 0 Å². The van der Waals surface area contributed by atoms with Crippen LogP contribution in [0.15, 0.2) is 18.5 Å². The number of fused-ring (bicyclic) bond motifs is 1. The molecule has 0 aromatic carbocycles. The lowest BCUT2D eigenvalue weighted by molar-refractivity contribution is 0.314. The molecule has 2 heterocycles. The summed E-state index contributed by atoms with van der Waals surface area (Å²) in [4.78, 5) is 4.68. The van der Waals surface area contributed by atoms with E-state index in [-0.39, 0.29) is 0 Å². The summed E-state index contributed by atoms with van der Waals surface area (Å²) in [5.74, 6) is 0. The average molecular weight is 255 g/mol. The van der Waals surface area contributed by atoms with Gasteiger partial charge in [-0.05, 0) is 48.3 Å². The van der Waals surface area contributed by atoms with Crippen molar-refractivity contribution in [2.45, 2.75) is 46.5 Å². The smallest absolute Gasteiger partial charge is 0.0668 e. The van der Waals surface area contributed by atoms with Gasteiger partial charge >= 0.3 is 0 Å². The molecule has 0 amide bonds. The molecule has 0 unspecified atom stereocenters. The Labute approximate surface area is 114 Å². The zero-order valence-corrected chi connectivity index (χ0v) is 12.0. The Morgan fingerprint density at radius 2 is 2.16 bits per heavy atom. The van der Waals surface area contributed by atoms with Crippen LogP contribution in [-0.2, 0) is 19.3 Å². The van der Waals surface area contributed by atoms with Crippen LogP contribution < -0.4 is 0 Å². The molecule has 0 atom stereocenters. The number of nitrogens with zero attached hydrogens (tertiary/aromatic N) is 2. The van der Waals surface area contributed by atoms with Gasteiger partial charge < -0.3 is 0 Å². The third-order valence-electron chi connectivity index (χ3n) is 4.22. The highest BCUT2D eigenvalue weighted by Gasteiger charge is 2.29. The van der Waals surface area contributed by atoms with Gasteiger partial charge in [-0.2, -0.15) is 5.10 Å². The predicted molar refractivity (Wildman–Crippen MR) is 77.0 cm³/mol. The quantitative estimate of drug-likeness (QED) is 0.891. The van der Waals surface area contributed by atoms with E-state index in [0.717, 1.165) is 25.0 Å². The molecule has 100 valence electrons. The van der Waals surface area contributed by atoms with Crippen LogP contribution in [0.2, 0.25) is 0 Å². The molecule has 0 bridgehead atoms. The summed E-state index contributed by atoms with van der Waals surface area (Å²) in [6.07, 6.45) is 8.37. The fourth-order valence-electron chi connectivity index (χ4n) is 3.10. The minimum Gasteiger partial charge on any atom is -0.278 e. The molecular formula is C16H21N3. The highest BCUT2D eigenvalue weighted by Crippen LogP contribution is 2.39. The van der Waals surface area contributed by atoms with E-state index in [1.165, 1.54) is 28.8 Å². The molecule has 0 saturated carbocycles. The molecule has 3 rings (SSSR count). The first kappa shape index (κ1) is 12.4. The Hall–Kier alpha value is -1.64. The van der Waals surface area contributed by atoms with Crippen LogP contribution in [0.3, 0.4) is 0 Å². The maximum absolute atomic E-state index is 4.68. The molecule has 2 aromatic heterocycles. The third-order valence-corrected chi connectivity index (χ3v) is 4.22. The first-order chi connectivity index (χ1) is 9.11. The summed E-state index contributed by atoms with van der Waals surface area (Å²) >= 11 is 0. The summed E-state index contributed by atoms with van der Waals surface area (Å²) in [7, 11) is 0. The topological polar surface area (TPSA) is 41.6 Å². The standard InChI is InChI=1S/C16H21N3/c1-4-14-12-9-16(2,3)7-5-11(12)13(10-17-14)15-6-8-18-19-15/h6,8,10H,4-5,7,9H2,1-3H3,(H,18,19). The molecule has 19 heavy (non-hydrogen) atoms. The summed E-state index contributed by atoms with van der Waals surface area (Å²) in [5.41, 5.74) is 6.95. The maximum atomic E-state index is 4.68. The van der Waals surface area contributed by atoms with Crippen LogP contribution in [0, 0.1) is 5.41 Å². The number of aryl methyl sites for hydroxylation is 1. The van der Waals surface area contributed by atoms with Crippen LogP contribution >= 0.6 is 0 Å². The average Bonchev–Trinajstić information content (AvgIpc) is 2.90. The highest BCUT2D eigenvalue weighted by atomic mass is 15.1. The van der Waals surface area contributed by atoms with E-state index in [0.29, 0.717) is 5.41 Å². The molecule has 0 radical (unpaired) electrons. The molecular weight excluding hydrogens is 234 g/mol. The second-order valence-corrected chi connectivity index (χ2v) is 6.24. The van der Waals surface area contributed by atoms with Crippen molar-refractivity contribution < 1.29 is 0 Å². The molecule has 0 saturated heterocycles. The van der Waals surface area contributed by atoms with Gasteiger partial charge in [0, 0.05) is 23.7 Å². The fourth-order valence-corrected chi connectivity index (χ4v) is 3.10. The van der Waals surface area contributed by atoms with Crippen molar-refractivity contribution in [2.24, 2.45) is 5.41 Å². The summed E-state index contributed by atoms with van der Waals surface area (Å²) in [6, 6.07) is 2.03. The number of aromatic nitrogens is 3. The summed E-state index contributed by atoms with van der Waals surface area (Å²) < 4.78 is 0. The van der Waals surface area contributed by atoms with Gasteiger partial charge in [0.25, 0.3) is 0 Å². The molecule has 0 fully saturated rings. The maximum Gasteiger partial charge on any atom is 0.0668 e. The third kappa shape index (κ3) is 2.18. The van der Waals surface area contributed by atoms with Gasteiger partial charge in [0.15, 0.2) is 0 Å². The number of aromatic amines is 1. The Balaban J connectivity index is 2.16. The van der Waals surface area contributed by atoms with Gasteiger partial charge in [-0.25, -0.2) is 0 Å². The van der Waals surface area contributed by atoms with Crippen molar-refractivity contribution in [2.75, 3.05) is 0 Å². The zero-order chi connectivity index (χ0) is 13.5. The van der Waals surface area contributed by atoms with Gasteiger partial charge in [-0.15, -0.1) is 0 Å². The van der Waals surface area contributed by atoms with E-state index < -0.39 is 0 Å². The molecule has 2 aromatic rings. The molecule has 1 aliphatic rings. The SMILES string of the molecule is CCc1ncc(-c2ccn[nH]2)c2c1CC(C)(C)CC2. The van der Waals surface area contributed by atoms with Crippen molar-refractivity contribution >= 4 is 0 Å². The Morgan fingerprint density at radius 3 is 2.84 bits per heavy atom. The van der Waals surface area contributed by atoms with E-state index in [9.17, 15) is 0 Å². The highest BCUT2D eigenvalue weighted by molar-refractivity contribution is 5.65. The van der Waals surface area contributed by atoms with Crippen LogP contribution in [0.1, 0.15) is 44.0 Å². The number of hydrogen-bond acceptors (Lipinski definition) is 2. The molecule has 1 N–H and O–H groups in total. The summed E-state index contributed by atoms with van der Waals surface area (Å²) in [5, 5.41) is 7.14. The Bertz CT molecular complexity index is 582. The fraction of sp³-hybridized carbons (Fsp3) is 0.500. The number of hydrogen-bond donors (Lipinski definition) is 1. The van der Waals surface area contributed by atoms with Gasteiger partial charge in [-0.3, -0.25) is 10.1 Å².